The smallest absolute Gasteiger partial charge is 0.281 e. The number of aromatic amines is 1. The Bertz CT molecular complexity index is 1770. The van der Waals surface area contributed by atoms with Gasteiger partial charge in [-0.25, -0.2) is 23.1 Å². The fourth-order valence-electron chi connectivity index (χ4n) is 4.77. The first kappa shape index (κ1) is 24.2. The summed E-state index contributed by atoms with van der Waals surface area (Å²) in [6.07, 6.45) is 2.56. The summed E-state index contributed by atoms with van der Waals surface area (Å²) in [5.41, 5.74) is 2.54. The van der Waals surface area contributed by atoms with Crippen LogP contribution < -0.4 is 5.56 Å². The molecule has 1 aliphatic rings. The van der Waals surface area contributed by atoms with Crippen molar-refractivity contribution in [2.24, 2.45) is 0 Å². The average Bonchev–Trinajstić information content (AvgIpc) is 3.56. The lowest BCUT2D eigenvalue weighted by atomic mass is 9.97. The van der Waals surface area contributed by atoms with Crippen LogP contribution >= 0.6 is 0 Å². The third-order valence-corrected chi connectivity index (χ3v) is 8.69. The molecule has 3 aromatic heterocycles. The molecule has 5 aromatic rings. The van der Waals surface area contributed by atoms with Crippen molar-refractivity contribution in [2.45, 2.75) is 37.1 Å². The molecule has 0 aliphatic carbocycles. The van der Waals surface area contributed by atoms with Crippen molar-refractivity contribution in [2.75, 3.05) is 13.1 Å². The molecule has 2 aromatic carbocycles. The fourth-order valence-corrected chi connectivity index (χ4v) is 6.29. The van der Waals surface area contributed by atoms with E-state index in [1.165, 1.54) is 10.6 Å². The van der Waals surface area contributed by atoms with E-state index in [0.29, 0.717) is 61.1 Å². The summed E-state index contributed by atoms with van der Waals surface area (Å²) in [4.78, 5) is 24.8. The van der Waals surface area contributed by atoms with Gasteiger partial charge >= 0.3 is 0 Å². The van der Waals surface area contributed by atoms with Crippen LogP contribution in [0.1, 0.15) is 36.0 Å². The summed E-state index contributed by atoms with van der Waals surface area (Å²) in [7, 11) is -3.71. The lowest BCUT2D eigenvalue weighted by molar-refractivity contribution is 0.313. The molecule has 6 rings (SSSR count). The van der Waals surface area contributed by atoms with Gasteiger partial charge in [0.05, 0.1) is 11.4 Å². The van der Waals surface area contributed by atoms with Crippen molar-refractivity contribution in [3.05, 3.63) is 88.5 Å². The van der Waals surface area contributed by atoms with Gasteiger partial charge in [-0.2, -0.15) is 4.31 Å². The molecule has 0 unspecified atom stereocenters. The van der Waals surface area contributed by atoms with E-state index in [1.54, 1.807) is 35.9 Å². The molecule has 4 heterocycles. The predicted molar refractivity (Wildman–Crippen MR) is 139 cm³/mol. The van der Waals surface area contributed by atoms with Crippen molar-refractivity contribution >= 4 is 21.2 Å². The van der Waals surface area contributed by atoms with Crippen LogP contribution in [0.4, 0.5) is 0 Å². The molecule has 1 fully saturated rings. The molecular formula is C26H25N7O4S. The zero-order chi connectivity index (χ0) is 26.3. The molecule has 12 heteroatoms. The number of benzene rings is 2. The largest absolute Gasteiger partial charge is 0.449 e. The highest BCUT2D eigenvalue weighted by Gasteiger charge is 2.31. The number of aromatic nitrogens is 6. The topological polar surface area (TPSA) is 140 Å². The lowest BCUT2D eigenvalue weighted by Crippen LogP contribution is -2.38. The van der Waals surface area contributed by atoms with Gasteiger partial charge in [-0.05, 0) is 30.5 Å². The Labute approximate surface area is 218 Å². The van der Waals surface area contributed by atoms with Gasteiger partial charge in [0.25, 0.3) is 5.56 Å². The molecular weight excluding hydrogens is 506 g/mol. The van der Waals surface area contributed by atoms with Crippen LogP contribution in [0.3, 0.4) is 0 Å². The Balaban J connectivity index is 1.21. The van der Waals surface area contributed by atoms with Crippen molar-refractivity contribution in [3.63, 3.8) is 0 Å². The first-order valence-electron chi connectivity index (χ1n) is 12.3. The quantitative estimate of drug-likeness (QED) is 0.353. The van der Waals surface area contributed by atoms with E-state index in [2.05, 4.69) is 20.3 Å². The van der Waals surface area contributed by atoms with Gasteiger partial charge in [-0.15, -0.1) is 5.10 Å². The maximum absolute atomic E-state index is 13.4. The number of hydrogen-bond acceptors (Lipinski definition) is 8. The molecule has 0 bridgehead atoms. The van der Waals surface area contributed by atoms with Crippen LogP contribution in [0.2, 0.25) is 0 Å². The summed E-state index contributed by atoms with van der Waals surface area (Å²) in [6.45, 7) is 2.80. The molecule has 0 atom stereocenters. The Morgan fingerprint density at radius 1 is 1.05 bits per heavy atom. The summed E-state index contributed by atoms with van der Waals surface area (Å²) >= 11 is 0. The highest BCUT2D eigenvalue weighted by molar-refractivity contribution is 7.89. The summed E-state index contributed by atoms with van der Waals surface area (Å²) < 4.78 is 35.2. The molecule has 1 N–H and O–H groups in total. The van der Waals surface area contributed by atoms with Crippen molar-refractivity contribution in [1.29, 1.82) is 0 Å². The highest BCUT2D eigenvalue weighted by Crippen LogP contribution is 2.30. The van der Waals surface area contributed by atoms with Crippen LogP contribution in [0, 0.1) is 6.92 Å². The van der Waals surface area contributed by atoms with Crippen LogP contribution in [0.15, 0.2) is 75.0 Å². The molecule has 0 amide bonds. The SMILES string of the molecule is Cc1nc(-c2cccc(S(=O)(=O)N3CCC(c4nc5c(nnn5Cc5ccccc5)c(=O)[nH]4)CC3)c2)co1. The minimum Gasteiger partial charge on any atom is -0.449 e. The second kappa shape index (κ2) is 9.62. The van der Waals surface area contributed by atoms with Crippen molar-refractivity contribution in [3.8, 4) is 11.3 Å². The predicted octanol–water partition coefficient (Wildman–Crippen LogP) is 3.09. The van der Waals surface area contributed by atoms with Crippen LogP contribution in [0.5, 0.6) is 0 Å². The lowest BCUT2D eigenvalue weighted by Gasteiger charge is -2.30. The minimum atomic E-state index is -3.71. The Morgan fingerprint density at radius 2 is 1.84 bits per heavy atom. The standard InChI is InChI=1S/C26H25N7O4S/c1-17-27-22(16-37-17)20-8-5-9-21(14-20)38(35,36)32-12-10-19(11-13-32)24-28-25-23(26(34)29-24)30-31-33(25)15-18-6-3-2-4-7-18/h2-9,14,16,19H,10-13,15H2,1H3,(H,28,29,34). The van der Waals surface area contributed by atoms with Crippen LogP contribution in [-0.2, 0) is 16.6 Å². The molecule has 1 aliphatic heterocycles. The van der Waals surface area contributed by atoms with E-state index in [4.69, 9.17) is 9.40 Å². The summed E-state index contributed by atoms with van der Waals surface area (Å²) in [5.74, 6) is 0.946. The maximum atomic E-state index is 13.4. The van der Waals surface area contributed by atoms with Gasteiger partial charge in [-0.3, -0.25) is 4.79 Å². The number of piperidine rings is 1. The number of sulfonamides is 1. The van der Waals surface area contributed by atoms with Gasteiger partial charge in [0.1, 0.15) is 17.8 Å². The van der Waals surface area contributed by atoms with E-state index in [1.807, 2.05) is 30.3 Å². The van der Waals surface area contributed by atoms with Gasteiger partial charge in [0.2, 0.25) is 10.0 Å². The Morgan fingerprint density at radius 3 is 2.58 bits per heavy atom. The van der Waals surface area contributed by atoms with Crippen LogP contribution in [0.25, 0.3) is 22.4 Å². The maximum Gasteiger partial charge on any atom is 0.281 e. The highest BCUT2D eigenvalue weighted by atomic mass is 32.2. The third-order valence-electron chi connectivity index (χ3n) is 6.79. The fraction of sp³-hybridized carbons (Fsp3) is 0.269. The van der Waals surface area contributed by atoms with Crippen LogP contribution in [-0.4, -0.2) is 55.8 Å². The molecule has 194 valence electrons. The number of oxazole rings is 1. The zero-order valence-corrected chi connectivity index (χ0v) is 21.4. The average molecular weight is 532 g/mol. The molecule has 0 spiro atoms. The second-order valence-electron chi connectivity index (χ2n) is 9.31. The molecule has 0 saturated carbocycles. The first-order valence-corrected chi connectivity index (χ1v) is 13.7. The minimum absolute atomic E-state index is 0.0944. The third kappa shape index (κ3) is 4.52. The second-order valence-corrected chi connectivity index (χ2v) is 11.3. The number of hydrogen-bond donors (Lipinski definition) is 1. The normalized spacial score (nSPS) is 15.3. The number of rotatable bonds is 6. The number of fused-ring (bicyclic) bond motifs is 1. The number of nitrogens with zero attached hydrogens (tertiary/aromatic N) is 6. The van der Waals surface area contributed by atoms with Gasteiger partial charge in [-0.1, -0.05) is 47.7 Å². The first-order chi connectivity index (χ1) is 18.4. The van der Waals surface area contributed by atoms with E-state index < -0.39 is 10.0 Å². The number of aryl methyl sites for hydroxylation is 1. The van der Waals surface area contributed by atoms with E-state index >= 15 is 0 Å². The molecule has 0 radical (unpaired) electrons. The molecule has 1 saturated heterocycles. The van der Waals surface area contributed by atoms with Crippen molar-refractivity contribution in [1.82, 2.24) is 34.3 Å². The Kier molecular flexibility index (Phi) is 6.12. The molecule has 11 nitrogen and oxygen atoms in total. The van der Waals surface area contributed by atoms with Gasteiger partial charge in [0, 0.05) is 31.5 Å². The number of H-pyrrole nitrogens is 1. The summed E-state index contributed by atoms with van der Waals surface area (Å²) in [6, 6.07) is 16.5. The van der Waals surface area contributed by atoms with E-state index in [0.717, 1.165) is 5.56 Å². The van der Waals surface area contributed by atoms with E-state index in [9.17, 15) is 13.2 Å². The zero-order valence-electron chi connectivity index (χ0n) is 20.6. The Hall–Kier alpha value is -4.16. The number of nitrogens with one attached hydrogen (secondary N) is 1. The van der Waals surface area contributed by atoms with Gasteiger partial charge < -0.3 is 9.40 Å². The monoisotopic (exact) mass is 531 g/mol. The van der Waals surface area contributed by atoms with Gasteiger partial charge in [0.15, 0.2) is 17.1 Å². The summed E-state index contributed by atoms with van der Waals surface area (Å²) in [5, 5.41) is 8.15. The van der Waals surface area contributed by atoms with E-state index in [-0.39, 0.29) is 21.9 Å². The van der Waals surface area contributed by atoms with Crippen molar-refractivity contribution < 1.29 is 12.8 Å². The molecule has 38 heavy (non-hydrogen) atoms.